The van der Waals surface area contributed by atoms with Crippen LogP contribution in [0.25, 0.3) is 0 Å². The van der Waals surface area contributed by atoms with E-state index >= 15 is 0 Å². The predicted octanol–water partition coefficient (Wildman–Crippen LogP) is 3.14. The minimum absolute atomic E-state index is 0.363. The molecule has 2 aromatic rings. The summed E-state index contributed by atoms with van der Waals surface area (Å²) in [6.45, 7) is 7.66. The monoisotopic (exact) mass is 339 g/mol. The highest BCUT2D eigenvalue weighted by atomic mass is 15.2. The zero-order valence-electron chi connectivity index (χ0n) is 15.6. The van der Waals surface area contributed by atoms with E-state index in [-0.39, 0.29) is 0 Å². The van der Waals surface area contributed by atoms with Crippen LogP contribution in [0.5, 0.6) is 0 Å². The third kappa shape index (κ3) is 4.75. The molecule has 1 aliphatic heterocycles. The molecular weight excluding hydrogens is 310 g/mol. The van der Waals surface area contributed by atoms with Gasteiger partial charge in [-0.15, -0.1) is 0 Å². The standard InChI is InChI=1S/C20H29N5/c1-16(2)20-22-12-7-19(23-20)24(3)18-9-14-25(15-10-18)13-8-17-6-4-5-11-21-17/h4-7,11-12,16,18H,8-10,13-15H2,1-3H3. The molecule has 5 nitrogen and oxygen atoms in total. The first-order valence-electron chi connectivity index (χ1n) is 9.31. The summed E-state index contributed by atoms with van der Waals surface area (Å²) in [7, 11) is 2.17. The molecule has 25 heavy (non-hydrogen) atoms. The molecule has 1 fully saturated rings. The van der Waals surface area contributed by atoms with Gasteiger partial charge in [0.2, 0.25) is 0 Å². The molecule has 0 aromatic carbocycles. The summed E-state index contributed by atoms with van der Waals surface area (Å²) in [5, 5.41) is 0. The van der Waals surface area contributed by atoms with E-state index in [1.165, 1.54) is 18.5 Å². The molecule has 3 rings (SSSR count). The van der Waals surface area contributed by atoms with Crippen molar-refractivity contribution in [3.63, 3.8) is 0 Å². The Morgan fingerprint density at radius 1 is 1.12 bits per heavy atom. The molecule has 1 saturated heterocycles. The van der Waals surface area contributed by atoms with E-state index in [1.54, 1.807) is 0 Å². The largest absolute Gasteiger partial charge is 0.356 e. The number of hydrogen-bond acceptors (Lipinski definition) is 5. The summed E-state index contributed by atoms with van der Waals surface area (Å²) in [5.74, 6) is 2.34. The number of pyridine rings is 1. The third-order valence-electron chi connectivity index (χ3n) is 5.05. The van der Waals surface area contributed by atoms with Crippen LogP contribution in [0.4, 0.5) is 5.82 Å². The second-order valence-corrected chi connectivity index (χ2v) is 7.18. The highest BCUT2D eigenvalue weighted by molar-refractivity contribution is 5.38. The molecule has 0 aliphatic carbocycles. The van der Waals surface area contributed by atoms with Gasteiger partial charge >= 0.3 is 0 Å². The van der Waals surface area contributed by atoms with Gasteiger partial charge in [0, 0.05) is 63.2 Å². The van der Waals surface area contributed by atoms with Gasteiger partial charge in [-0.3, -0.25) is 4.98 Å². The molecule has 1 aliphatic rings. The molecule has 0 bridgehead atoms. The first-order valence-corrected chi connectivity index (χ1v) is 9.31. The minimum Gasteiger partial charge on any atom is -0.356 e. The summed E-state index contributed by atoms with van der Waals surface area (Å²) in [6, 6.07) is 8.74. The molecule has 3 heterocycles. The minimum atomic E-state index is 0.363. The van der Waals surface area contributed by atoms with Crippen molar-refractivity contribution in [1.82, 2.24) is 19.9 Å². The average Bonchev–Trinajstić information content (AvgIpc) is 2.67. The third-order valence-corrected chi connectivity index (χ3v) is 5.05. The number of hydrogen-bond donors (Lipinski definition) is 0. The average molecular weight is 339 g/mol. The van der Waals surface area contributed by atoms with Gasteiger partial charge in [-0.25, -0.2) is 9.97 Å². The second kappa shape index (κ2) is 8.39. The van der Waals surface area contributed by atoms with Crippen molar-refractivity contribution >= 4 is 5.82 Å². The molecular formula is C20H29N5. The molecule has 0 spiro atoms. The molecule has 0 atom stereocenters. The normalized spacial score (nSPS) is 16.3. The maximum atomic E-state index is 4.74. The Kier molecular flexibility index (Phi) is 5.97. The Morgan fingerprint density at radius 3 is 2.60 bits per heavy atom. The van der Waals surface area contributed by atoms with Crippen molar-refractivity contribution in [2.24, 2.45) is 0 Å². The van der Waals surface area contributed by atoms with E-state index in [4.69, 9.17) is 4.98 Å². The fourth-order valence-electron chi connectivity index (χ4n) is 3.37. The first-order chi connectivity index (χ1) is 12.1. The van der Waals surface area contributed by atoms with Gasteiger partial charge in [-0.05, 0) is 31.0 Å². The molecule has 0 N–H and O–H groups in total. The molecule has 0 radical (unpaired) electrons. The second-order valence-electron chi connectivity index (χ2n) is 7.18. The number of anilines is 1. The van der Waals surface area contributed by atoms with Crippen molar-refractivity contribution in [3.8, 4) is 0 Å². The summed E-state index contributed by atoms with van der Waals surface area (Å²) in [6.07, 6.45) is 7.16. The van der Waals surface area contributed by atoms with E-state index in [0.717, 1.165) is 37.7 Å². The Bertz CT molecular complexity index is 650. The van der Waals surface area contributed by atoms with E-state index in [9.17, 15) is 0 Å². The highest BCUT2D eigenvalue weighted by Crippen LogP contribution is 2.21. The van der Waals surface area contributed by atoms with Gasteiger partial charge in [-0.1, -0.05) is 19.9 Å². The van der Waals surface area contributed by atoms with Crippen LogP contribution >= 0.6 is 0 Å². The Balaban J connectivity index is 1.50. The number of likely N-dealkylation sites (tertiary alicyclic amines) is 1. The van der Waals surface area contributed by atoms with Crippen LogP contribution in [0.1, 0.15) is 44.1 Å². The maximum Gasteiger partial charge on any atom is 0.133 e. The number of aromatic nitrogens is 3. The van der Waals surface area contributed by atoms with Crippen LogP contribution in [0, 0.1) is 0 Å². The molecule has 5 heteroatoms. The Hall–Kier alpha value is -2.01. The van der Waals surface area contributed by atoms with Gasteiger partial charge in [0.05, 0.1) is 0 Å². The molecule has 2 aromatic heterocycles. The van der Waals surface area contributed by atoms with Crippen molar-refractivity contribution < 1.29 is 0 Å². The van der Waals surface area contributed by atoms with Crippen LogP contribution in [-0.2, 0) is 6.42 Å². The van der Waals surface area contributed by atoms with Crippen LogP contribution in [-0.4, -0.2) is 52.6 Å². The quantitative estimate of drug-likeness (QED) is 0.809. The van der Waals surface area contributed by atoms with Crippen molar-refractivity contribution in [2.75, 3.05) is 31.6 Å². The lowest BCUT2D eigenvalue weighted by Gasteiger charge is -2.37. The smallest absolute Gasteiger partial charge is 0.133 e. The predicted molar refractivity (Wildman–Crippen MR) is 102 cm³/mol. The SMILES string of the molecule is CC(C)c1nccc(N(C)C2CCN(CCc3ccccn3)CC2)n1. The zero-order valence-corrected chi connectivity index (χ0v) is 15.6. The van der Waals surface area contributed by atoms with E-state index < -0.39 is 0 Å². The van der Waals surface area contributed by atoms with Gasteiger partial charge in [0.25, 0.3) is 0 Å². The summed E-state index contributed by atoms with van der Waals surface area (Å²) < 4.78 is 0. The van der Waals surface area contributed by atoms with Crippen LogP contribution in [0.3, 0.4) is 0 Å². The summed E-state index contributed by atoms with van der Waals surface area (Å²) in [5.41, 5.74) is 1.18. The van der Waals surface area contributed by atoms with Crippen molar-refractivity contribution in [1.29, 1.82) is 0 Å². The highest BCUT2D eigenvalue weighted by Gasteiger charge is 2.23. The van der Waals surface area contributed by atoms with E-state index in [0.29, 0.717) is 12.0 Å². The number of piperidine rings is 1. The zero-order chi connectivity index (χ0) is 17.6. The molecule has 0 saturated carbocycles. The first kappa shape index (κ1) is 17.8. The topological polar surface area (TPSA) is 45.2 Å². The van der Waals surface area contributed by atoms with Crippen molar-refractivity contribution in [3.05, 3.63) is 48.2 Å². The fourth-order valence-corrected chi connectivity index (χ4v) is 3.37. The number of nitrogens with zero attached hydrogens (tertiary/aromatic N) is 5. The number of rotatable bonds is 6. The maximum absolute atomic E-state index is 4.74. The van der Waals surface area contributed by atoms with Gasteiger partial charge in [-0.2, -0.15) is 0 Å². The molecule has 0 unspecified atom stereocenters. The molecule has 134 valence electrons. The van der Waals surface area contributed by atoms with Gasteiger partial charge in [0.1, 0.15) is 11.6 Å². The summed E-state index contributed by atoms with van der Waals surface area (Å²) in [4.78, 5) is 18.4. The van der Waals surface area contributed by atoms with Crippen LogP contribution in [0.2, 0.25) is 0 Å². The lowest BCUT2D eigenvalue weighted by Crippen LogP contribution is -2.44. The summed E-state index contributed by atoms with van der Waals surface area (Å²) >= 11 is 0. The van der Waals surface area contributed by atoms with Crippen molar-refractivity contribution in [2.45, 2.75) is 45.1 Å². The Labute approximate surface area is 151 Å². The van der Waals surface area contributed by atoms with Crippen LogP contribution in [0.15, 0.2) is 36.7 Å². The Morgan fingerprint density at radius 2 is 1.92 bits per heavy atom. The van der Waals surface area contributed by atoms with E-state index in [2.05, 4.69) is 52.8 Å². The van der Waals surface area contributed by atoms with Gasteiger partial charge < -0.3 is 9.80 Å². The van der Waals surface area contributed by atoms with E-state index in [1.807, 2.05) is 24.5 Å². The lowest BCUT2D eigenvalue weighted by atomic mass is 10.0. The lowest BCUT2D eigenvalue weighted by molar-refractivity contribution is 0.212. The fraction of sp³-hybridized carbons (Fsp3) is 0.550. The van der Waals surface area contributed by atoms with Gasteiger partial charge in [0.15, 0.2) is 0 Å². The molecule has 0 amide bonds. The van der Waals surface area contributed by atoms with Crippen LogP contribution < -0.4 is 4.90 Å².